The van der Waals surface area contributed by atoms with Gasteiger partial charge in [-0.1, -0.05) is 29.8 Å². The van der Waals surface area contributed by atoms with Gasteiger partial charge >= 0.3 is 5.97 Å². The molecular weight excluding hydrogens is 370 g/mol. The van der Waals surface area contributed by atoms with Gasteiger partial charge < -0.3 is 10.1 Å². The minimum absolute atomic E-state index is 0.0894. The first kappa shape index (κ1) is 18.6. The highest BCUT2D eigenvalue weighted by molar-refractivity contribution is 6.34. The van der Waals surface area contributed by atoms with Gasteiger partial charge in [0.1, 0.15) is 0 Å². The van der Waals surface area contributed by atoms with Crippen LogP contribution in [-0.4, -0.2) is 28.8 Å². The second-order valence-electron chi connectivity index (χ2n) is 5.66. The van der Waals surface area contributed by atoms with Crippen molar-refractivity contribution in [2.24, 2.45) is 0 Å². The Morgan fingerprint density at radius 3 is 2.56 bits per heavy atom. The number of hydrogen-bond acceptors (Lipinski definition) is 5. The second kappa shape index (κ2) is 7.59. The Labute approximate surface area is 159 Å². The van der Waals surface area contributed by atoms with E-state index in [1.54, 1.807) is 31.2 Å². The zero-order valence-corrected chi connectivity index (χ0v) is 15.4. The lowest BCUT2D eigenvalue weighted by atomic mass is 10.1. The van der Waals surface area contributed by atoms with Crippen LogP contribution in [0.1, 0.15) is 27.8 Å². The first-order valence-corrected chi connectivity index (χ1v) is 8.53. The minimum Gasteiger partial charge on any atom is -0.465 e. The number of nitrogens with zero attached hydrogens (tertiary/aromatic N) is 2. The van der Waals surface area contributed by atoms with E-state index in [9.17, 15) is 14.4 Å². The maximum absolute atomic E-state index is 12.8. The molecule has 0 fully saturated rings. The molecule has 0 aliphatic heterocycles. The summed E-state index contributed by atoms with van der Waals surface area (Å²) in [5.74, 6) is -1.09. The summed E-state index contributed by atoms with van der Waals surface area (Å²) in [5, 5.41) is 7.91. The number of methoxy groups -OCH3 is 1. The first-order chi connectivity index (χ1) is 13.0. The summed E-state index contributed by atoms with van der Waals surface area (Å²) in [7, 11) is 1.26. The van der Waals surface area contributed by atoms with Crippen molar-refractivity contribution in [1.82, 2.24) is 9.78 Å². The van der Waals surface area contributed by atoms with Crippen LogP contribution in [-0.2, 0) is 11.3 Å². The van der Waals surface area contributed by atoms with Crippen molar-refractivity contribution in [3.63, 3.8) is 0 Å². The second-order valence-corrected chi connectivity index (χ2v) is 6.06. The molecule has 7 nitrogen and oxygen atoms in total. The molecule has 1 heterocycles. The zero-order chi connectivity index (χ0) is 19.6. The highest BCUT2D eigenvalue weighted by atomic mass is 35.5. The lowest BCUT2D eigenvalue weighted by Crippen LogP contribution is -2.27. The highest BCUT2D eigenvalue weighted by Crippen LogP contribution is 2.24. The van der Waals surface area contributed by atoms with Gasteiger partial charge in [-0.15, -0.1) is 0 Å². The van der Waals surface area contributed by atoms with Gasteiger partial charge in [0.2, 0.25) is 0 Å². The third-order valence-corrected chi connectivity index (χ3v) is 4.35. The topological polar surface area (TPSA) is 90.3 Å². The number of carbonyl (C=O) groups excluding carboxylic acids is 2. The maximum Gasteiger partial charge on any atom is 0.337 e. The van der Waals surface area contributed by atoms with E-state index in [-0.39, 0.29) is 27.5 Å². The predicted octanol–water partition coefficient (Wildman–Crippen LogP) is 3.11. The normalized spacial score (nSPS) is 10.6. The van der Waals surface area contributed by atoms with Gasteiger partial charge in [-0.25, -0.2) is 9.48 Å². The fourth-order valence-corrected chi connectivity index (χ4v) is 2.83. The van der Waals surface area contributed by atoms with Crippen LogP contribution in [0.5, 0.6) is 0 Å². The van der Waals surface area contributed by atoms with Gasteiger partial charge in [0.25, 0.3) is 11.5 Å². The van der Waals surface area contributed by atoms with Gasteiger partial charge in [0, 0.05) is 11.9 Å². The fourth-order valence-electron chi connectivity index (χ4n) is 2.66. The molecule has 2 aromatic carbocycles. The summed E-state index contributed by atoms with van der Waals surface area (Å²) in [4.78, 5) is 36.9. The predicted molar refractivity (Wildman–Crippen MR) is 102 cm³/mol. The molecule has 0 bridgehead atoms. The van der Waals surface area contributed by atoms with Crippen molar-refractivity contribution >= 4 is 39.9 Å². The molecule has 0 saturated heterocycles. The molecule has 0 spiro atoms. The van der Waals surface area contributed by atoms with Crippen LogP contribution in [0.3, 0.4) is 0 Å². The van der Waals surface area contributed by atoms with Crippen molar-refractivity contribution in [2.75, 3.05) is 12.4 Å². The number of carbonyl (C=O) groups is 2. The Morgan fingerprint density at radius 1 is 1.19 bits per heavy atom. The molecule has 0 radical (unpaired) electrons. The zero-order valence-electron chi connectivity index (χ0n) is 14.7. The van der Waals surface area contributed by atoms with Crippen LogP contribution < -0.4 is 10.9 Å². The number of halogens is 1. The molecule has 0 unspecified atom stereocenters. The molecule has 0 atom stereocenters. The van der Waals surface area contributed by atoms with Gasteiger partial charge in [-0.2, -0.15) is 5.10 Å². The van der Waals surface area contributed by atoms with E-state index >= 15 is 0 Å². The first-order valence-electron chi connectivity index (χ1n) is 8.15. The van der Waals surface area contributed by atoms with E-state index in [0.717, 1.165) is 0 Å². The van der Waals surface area contributed by atoms with Gasteiger partial charge in [-0.3, -0.25) is 9.59 Å². The van der Waals surface area contributed by atoms with E-state index < -0.39 is 11.9 Å². The van der Waals surface area contributed by atoms with Crippen LogP contribution in [0.25, 0.3) is 10.8 Å². The van der Waals surface area contributed by atoms with E-state index in [1.807, 2.05) is 0 Å². The van der Waals surface area contributed by atoms with Crippen LogP contribution in [0.2, 0.25) is 5.02 Å². The number of aryl methyl sites for hydroxylation is 1. The third kappa shape index (κ3) is 3.54. The Bertz CT molecular complexity index is 1110. The summed E-state index contributed by atoms with van der Waals surface area (Å²) >= 11 is 6.14. The average molecular weight is 386 g/mol. The smallest absolute Gasteiger partial charge is 0.337 e. The molecule has 1 N–H and O–H groups in total. The van der Waals surface area contributed by atoms with Crippen LogP contribution in [0, 0.1) is 0 Å². The summed E-state index contributed by atoms with van der Waals surface area (Å²) < 4.78 is 5.90. The molecular formula is C19H16ClN3O4. The average Bonchev–Trinajstić information content (AvgIpc) is 2.69. The number of rotatable bonds is 4. The van der Waals surface area contributed by atoms with Gasteiger partial charge in [0.15, 0.2) is 5.69 Å². The fraction of sp³-hybridized carbons (Fsp3) is 0.158. The molecule has 3 aromatic rings. The summed E-state index contributed by atoms with van der Waals surface area (Å²) in [6, 6.07) is 11.2. The lowest BCUT2D eigenvalue weighted by molar-refractivity contribution is 0.0600. The molecule has 27 heavy (non-hydrogen) atoms. The van der Waals surface area contributed by atoms with E-state index in [1.165, 1.54) is 30.0 Å². The number of ether oxygens (including phenoxy) is 1. The number of benzene rings is 2. The Balaban J connectivity index is 2.06. The Morgan fingerprint density at radius 2 is 1.89 bits per heavy atom. The number of amides is 1. The van der Waals surface area contributed by atoms with E-state index in [4.69, 9.17) is 11.6 Å². The van der Waals surface area contributed by atoms with Gasteiger partial charge in [0.05, 0.1) is 28.8 Å². The number of fused-ring (bicyclic) bond motifs is 1. The summed E-state index contributed by atoms with van der Waals surface area (Å²) in [6.45, 7) is 2.09. The molecule has 0 saturated carbocycles. The molecule has 1 aromatic heterocycles. The molecule has 0 aliphatic carbocycles. The molecule has 8 heteroatoms. The van der Waals surface area contributed by atoms with Crippen molar-refractivity contribution in [1.29, 1.82) is 0 Å². The highest BCUT2D eigenvalue weighted by Gasteiger charge is 2.18. The maximum atomic E-state index is 12.8. The van der Waals surface area contributed by atoms with Gasteiger partial charge in [-0.05, 0) is 31.2 Å². The molecule has 1 amide bonds. The number of nitrogens with one attached hydrogen (secondary N) is 1. The van der Waals surface area contributed by atoms with Crippen molar-refractivity contribution < 1.29 is 14.3 Å². The van der Waals surface area contributed by atoms with Crippen molar-refractivity contribution in [2.45, 2.75) is 13.5 Å². The number of esters is 1. The quantitative estimate of drug-likeness (QED) is 0.697. The Kier molecular flexibility index (Phi) is 5.23. The standard InChI is InChI=1S/C19H16ClN3O4/c1-3-23-18(25)13-7-5-4-6-12(13)16(22-23)17(24)21-15-10-11(19(26)27-2)8-9-14(15)20/h4-10H,3H2,1-2H3,(H,21,24). The molecule has 0 aliphatic rings. The number of hydrogen-bond donors (Lipinski definition) is 1. The monoisotopic (exact) mass is 385 g/mol. The number of aromatic nitrogens is 2. The molecule has 3 rings (SSSR count). The largest absolute Gasteiger partial charge is 0.465 e. The minimum atomic E-state index is -0.551. The SMILES string of the molecule is CCn1nc(C(=O)Nc2cc(C(=O)OC)ccc2Cl)c2ccccc2c1=O. The van der Waals surface area contributed by atoms with Crippen molar-refractivity contribution in [3.05, 3.63) is 69.1 Å². The summed E-state index contributed by atoms with van der Waals surface area (Å²) in [6.07, 6.45) is 0. The lowest BCUT2D eigenvalue weighted by Gasteiger charge is -2.11. The number of anilines is 1. The van der Waals surface area contributed by atoms with Crippen LogP contribution in [0.15, 0.2) is 47.3 Å². The van der Waals surface area contributed by atoms with E-state index in [2.05, 4.69) is 15.2 Å². The van der Waals surface area contributed by atoms with Crippen LogP contribution in [0.4, 0.5) is 5.69 Å². The van der Waals surface area contributed by atoms with Crippen molar-refractivity contribution in [3.8, 4) is 0 Å². The third-order valence-electron chi connectivity index (χ3n) is 4.02. The Hall–Kier alpha value is -3.19. The van der Waals surface area contributed by atoms with E-state index in [0.29, 0.717) is 17.3 Å². The van der Waals surface area contributed by atoms with Crippen LogP contribution >= 0.6 is 11.6 Å². The molecule has 138 valence electrons. The summed E-state index contributed by atoms with van der Waals surface area (Å²) in [5.41, 5.74) is 0.306.